The number of ether oxygens (including phenoxy) is 3. The lowest BCUT2D eigenvalue weighted by molar-refractivity contribution is -0.161. The fraction of sp³-hybridized carbons (Fsp3) is 0.736. The quantitative estimate of drug-likeness (QED) is 0.0146. The molecule has 16 nitrogen and oxygen atoms in total. The summed E-state index contributed by atoms with van der Waals surface area (Å²) in [5.74, 6) is -1.58. The van der Waals surface area contributed by atoms with Crippen molar-refractivity contribution in [1.82, 2.24) is 0 Å². The van der Waals surface area contributed by atoms with E-state index in [2.05, 4.69) is 142 Å². The Morgan fingerprint density at radius 1 is 0.276 bits per heavy atom. The van der Waals surface area contributed by atoms with Crippen molar-refractivity contribution >= 4 is 33.6 Å². The molecule has 5 unspecified atom stereocenters. The summed E-state index contributed by atoms with van der Waals surface area (Å²) >= 11 is 0. The monoisotopic (exact) mass is 1520 g/mol. The van der Waals surface area contributed by atoms with E-state index < -0.39 is 91.5 Å². The third-order valence-corrected chi connectivity index (χ3v) is 19.5. The maximum atomic E-state index is 12.9. The van der Waals surface area contributed by atoms with Gasteiger partial charge >= 0.3 is 33.6 Å². The zero-order chi connectivity index (χ0) is 76.6. The molecule has 0 fully saturated rings. The standard InChI is InChI=1S/C87H152O16P2/c1-4-7-10-13-16-19-22-24-26-28-30-32-34-36-37-38-39-40-41-42-43-45-47-48-50-52-54-56-59-61-64-67-70-73-85(90)97-76-82(88)77-99-104(93,94)100-78-83(89)79-101-105(95,96)102-81-84(103-87(92)75-72-69-66-63-58-21-18-15-12-9-6-3)80-98-86(91)74-71-68-65-62-60-57-55-53-51-49-46-44-35-33-31-29-27-25-23-20-17-14-11-8-5-2/h7,10,15-20,24-27,30-33,36-37,44,46,82-84,88-89H,4-6,8-9,11-14,21-23,28-29,34-35,38-43,45,47-81H2,1-3H3,(H,93,94)(H,95,96)/b10-7-,18-15-,19-16-,20-17-,26-24-,27-25-,32-30-,33-31-,37-36-,46-44-. The fourth-order valence-electron chi connectivity index (χ4n) is 11.3. The lowest BCUT2D eigenvalue weighted by Crippen LogP contribution is -2.30. The number of carbonyl (C=O) groups is 3. The predicted octanol–water partition coefficient (Wildman–Crippen LogP) is 24.9. The van der Waals surface area contributed by atoms with E-state index in [0.29, 0.717) is 19.3 Å². The van der Waals surface area contributed by atoms with Crippen molar-refractivity contribution in [3.63, 3.8) is 0 Å². The number of hydrogen-bond acceptors (Lipinski definition) is 14. The van der Waals surface area contributed by atoms with E-state index >= 15 is 0 Å². The van der Waals surface area contributed by atoms with Gasteiger partial charge in [0.05, 0.1) is 26.4 Å². The number of hydrogen-bond donors (Lipinski definition) is 4. The van der Waals surface area contributed by atoms with Crippen LogP contribution in [0.3, 0.4) is 0 Å². The van der Waals surface area contributed by atoms with Gasteiger partial charge in [0.15, 0.2) is 6.10 Å². The van der Waals surface area contributed by atoms with Crippen LogP contribution in [0.25, 0.3) is 0 Å². The Balaban J connectivity index is 4.37. The van der Waals surface area contributed by atoms with E-state index in [1.807, 2.05) is 0 Å². The highest BCUT2D eigenvalue weighted by Gasteiger charge is 2.29. The molecule has 0 radical (unpaired) electrons. The molecule has 0 saturated heterocycles. The zero-order valence-electron chi connectivity index (χ0n) is 66.4. The molecule has 0 spiro atoms. The van der Waals surface area contributed by atoms with E-state index in [4.69, 9.17) is 32.3 Å². The van der Waals surface area contributed by atoms with Crippen molar-refractivity contribution in [3.8, 4) is 0 Å². The molecule has 0 saturated carbocycles. The molecular weight excluding hydrogens is 1360 g/mol. The number of unbranched alkanes of at least 4 members (excludes halogenated alkanes) is 36. The molecule has 0 aliphatic rings. The van der Waals surface area contributed by atoms with Crippen LogP contribution in [0.1, 0.15) is 355 Å². The molecule has 0 aromatic carbocycles. The second-order valence-electron chi connectivity index (χ2n) is 27.9. The van der Waals surface area contributed by atoms with E-state index in [-0.39, 0.29) is 19.3 Å². The van der Waals surface area contributed by atoms with Gasteiger partial charge in [0.2, 0.25) is 0 Å². The van der Waals surface area contributed by atoms with Crippen LogP contribution in [0.5, 0.6) is 0 Å². The second kappa shape index (κ2) is 79.5. The molecule has 105 heavy (non-hydrogen) atoms. The summed E-state index contributed by atoms with van der Waals surface area (Å²) in [5, 5.41) is 20.6. The van der Waals surface area contributed by atoms with Gasteiger partial charge in [-0.2, -0.15) is 0 Å². The van der Waals surface area contributed by atoms with E-state index in [1.54, 1.807) is 0 Å². The van der Waals surface area contributed by atoms with Crippen LogP contribution in [0.4, 0.5) is 0 Å². The molecule has 0 aromatic rings. The Kier molecular flexibility index (Phi) is 76.4. The Morgan fingerprint density at radius 2 is 0.514 bits per heavy atom. The highest BCUT2D eigenvalue weighted by atomic mass is 31.2. The third kappa shape index (κ3) is 80.8. The Hall–Kier alpha value is -4.05. The number of aliphatic hydroxyl groups excluding tert-OH is 2. The molecule has 0 aliphatic heterocycles. The van der Waals surface area contributed by atoms with Crippen LogP contribution in [0, 0.1) is 0 Å². The number of esters is 3. The van der Waals surface area contributed by atoms with Gasteiger partial charge in [-0.15, -0.1) is 0 Å². The first-order valence-electron chi connectivity index (χ1n) is 41.8. The molecule has 0 rings (SSSR count). The molecule has 5 atom stereocenters. The molecule has 18 heteroatoms. The highest BCUT2D eigenvalue weighted by molar-refractivity contribution is 7.47. The van der Waals surface area contributed by atoms with Crippen molar-refractivity contribution in [2.75, 3.05) is 39.6 Å². The summed E-state index contributed by atoms with van der Waals surface area (Å²) < 4.78 is 61.1. The lowest BCUT2D eigenvalue weighted by atomic mass is 10.0. The van der Waals surface area contributed by atoms with Crippen molar-refractivity contribution in [2.24, 2.45) is 0 Å². The van der Waals surface area contributed by atoms with Crippen molar-refractivity contribution in [3.05, 3.63) is 122 Å². The molecule has 0 aliphatic carbocycles. The number of allylic oxidation sites excluding steroid dienone is 20. The van der Waals surface area contributed by atoms with E-state index in [9.17, 15) is 43.5 Å². The first-order chi connectivity index (χ1) is 51.2. The first kappa shape index (κ1) is 101. The Labute approximate surface area is 640 Å². The number of carbonyl (C=O) groups excluding carboxylic acids is 3. The van der Waals surface area contributed by atoms with Crippen molar-refractivity contribution in [2.45, 2.75) is 373 Å². The smallest absolute Gasteiger partial charge is 0.463 e. The van der Waals surface area contributed by atoms with Crippen molar-refractivity contribution in [1.29, 1.82) is 0 Å². The Morgan fingerprint density at radius 3 is 0.838 bits per heavy atom. The number of phosphoric acid groups is 2. The van der Waals surface area contributed by atoms with Gasteiger partial charge in [-0.3, -0.25) is 32.5 Å². The highest BCUT2D eigenvalue weighted by Crippen LogP contribution is 2.45. The molecule has 0 amide bonds. The third-order valence-electron chi connectivity index (χ3n) is 17.6. The largest absolute Gasteiger partial charge is 0.472 e. The topological polar surface area (TPSA) is 231 Å². The van der Waals surface area contributed by atoms with E-state index in [1.165, 1.54) is 154 Å². The zero-order valence-corrected chi connectivity index (χ0v) is 68.2. The maximum Gasteiger partial charge on any atom is 0.472 e. The summed E-state index contributed by atoms with van der Waals surface area (Å²) in [6.45, 7) is 2.51. The molecule has 606 valence electrons. The number of rotatable bonds is 79. The average molecular weight is 1520 g/mol. The molecule has 0 bridgehead atoms. The Bertz CT molecular complexity index is 2390. The predicted molar refractivity (Wildman–Crippen MR) is 436 cm³/mol. The maximum absolute atomic E-state index is 12.9. The van der Waals surface area contributed by atoms with Gasteiger partial charge in [0.1, 0.15) is 25.4 Å². The normalized spacial score (nSPS) is 14.5. The van der Waals surface area contributed by atoms with E-state index in [0.717, 1.165) is 141 Å². The fourth-order valence-corrected chi connectivity index (χ4v) is 12.9. The second-order valence-corrected chi connectivity index (χ2v) is 30.8. The van der Waals surface area contributed by atoms with Crippen LogP contribution < -0.4 is 0 Å². The molecule has 0 aromatic heterocycles. The van der Waals surface area contributed by atoms with Crippen LogP contribution in [0.15, 0.2) is 122 Å². The lowest BCUT2D eigenvalue weighted by Gasteiger charge is -2.21. The summed E-state index contributed by atoms with van der Waals surface area (Å²) in [6.07, 6.45) is 95.6. The number of aliphatic hydroxyl groups is 2. The molecular formula is C87H152O16P2. The first-order valence-corrected chi connectivity index (χ1v) is 44.8. The summed E-state index contributed by atoms with van der Waals surface area (Å²) in [6, 6.07) is 0. The van der Waals surface area contributed by atoms with Crippen molar-refractivity contribution < 1.29 is 75.8 Å². The number of phosphoric ester groups is 2. The minimum atomic E-state index is -4.93. The summed E-state index contributed by atoms with van der Waals surface area (Å²) in [4.78, 5) is 58.6. The van der Waals surface area contributed by atoms with Gasteiger partial charge < -0.3 is 34.2 Å². The van der Waals surface area contributed by atoms with Gasteiger partial charge in [-0.25, -0.2) is 9.13 Å². The minimum absolute atomic E-state index is 0.0924. The summed E-state index contributed by atoms with van der Waals surface area (Å²) in [5.41, 5.74) is 0. The van der Waals surface area contributed by atoms with Crippen LogP contribution in [-0.2, 0) is 55.8 Å². The average Bonchev–Trinajstić information content (AvgIpc) is 0.933. The molecule has 4 N–H and O–H groups in total. The van der Waals surface area contributed by atoms with Crippen LogP contribution >= 0.6 is 15.6 Å². The van der Waals surface area contributed by atoms with Gasteiger partial charge in [0, 0.05) is 19.3 Å². The van der Waals surface area contributed by atoms with Crippen LogP contribution in [-0.4, -0.2) is 95.9 Å². The van der Waals surface area contributed by atoms with Gasteiger partial charge in [-0.1, -0.05) is 328 Å². The molecule has 0 heterocycles. The minimum Gasteiger partial charge on any atom is -0.463 e. The SMILES string of the molecule is CC/C=C\C/C=C\C/C=C\C/C=C\C/C=C\CCCCCCCCCCCCCCCCCCCC(=O)OCC(O)COP(=O)(O)OCC(O)COP(=O)(O)OCC(COC(=O)CCCCCCCCCCC/C=C\C/C=C\C/C=C\C/C=C\CCCCC)OC(=O)CCCCCCC/C=C\CCCC. The van der Waals surface area contributed by atoms with Gasteiger partial charge in [0.25, 0.3) is 0 Å². The van der Waals surface area contributed by atoms with Crippen LogP contribution in [0.2, 0.25) is 0 Å². The summed E-state index contributed by atoms with van der Waals surface area (Å²) in [7, 11) is -9.79. The van der Waals surface area contributed by atoms with Gasteiger partial charge in [-0.05, 0) is 128 Å².